The Morgan fingerprint density at radius 3 is 2.33 bits per heavy atom. The first-order chi connectivity index (χ1) is 26.1. The number of carboxylic acids is 1. The molecule has 0 spiro atoms. The third-order valence-corrected chi connectivity index (χ3v) is 8.69. The van der Waals surface area contributed by atoms with Gasteiger partial charge in [0, 0.05) is 17.8 Å². The lowest BCUT2D eigenvalue weighted by Gasteiger charge is -2.38. The molecule has 1 fully saturated rings. The fraction of sp³-hybridized carbons (Fsp3) is 0.278. The molecule has 1 saturated heterocycles. The molecule has 288 valence electrons. The molecule has 1 aliphatic rings. The summed E-state index contributed by atoms with van der Waals surface area (Å²) < 4.78 is 54.7. The summed E-state index contributed by atoms with van der Waals surface area (Å²) in [7, 11) is 0. The number of rotatable bonds is 11. The Hall–Kier alpha value is -6.15. The van der Waals surface area contributed by atoms with E-state index in [4.69, 9.17) is 9.47 Å². The van der Waals surface area contributed by atoms with E-state index in [1.54, 1.807) is 13.0 Å². The third-order valence-electron chi connectivity index (χ3n) is 8.69. The number of aromatic nitrogens is 4. The van der Waals surface area contributed by atoms with Crippen LogP contribution in [-0.4, -0.2) is 88.8 Å². The van der Waals surface area contributed by atoms with Gasteiger partial charge in [-0.15, -0.1) is 13.2 Å². The van der Waals surface area contributed by atoms with Crippen LogP contribution in [0.3, 0.4) is 0 Å². The molecule has 3 aromatic heterocycles. The number of halogens is 3. The van der Waals surface area contributed by atoms with Crippen LogP contribution in [0.1, 0.15) is 29.9 Å². The van der Waals surface area contributed by atoms with Crippen molar-refractivity contribution in [1.29, 1.82) is 0 Å². The van der Waals surface area contributed by atoms with Gasteiger partial charge in [0.15, 0.2) is 24.1 Å². The number of aliphatic hydroxyl groups is 3. The van der Waals surface area contributed by atoms with Gasteiger partial charge in [-0.05, 0) is 67.1 Å². The van der Waals surface area contributed by atoms with Crippen molar-refractivity contribution in [2.75, 3.05) is 0 Å². The summed E-state index contributed by atoms with van der Waals surface area (Å²) in [5.74, 6) is -2.57. The van der Waals surface area contributed by atoms with Gasteiger partial charge in [-0.3, -0.25) is 14.2 Å². The van der Waals surface area contributed by atoms with Crippen LogP contribution in [0.25, 0.3) is 16.7 Å². The average molecular weight is 768 g/mol. The lowest BCUT2D eigenvalue weighted by molar-refractivity contribution is -0.605. The summed E-state index contributed by atoms with van der Waals surface area (Å²) >= 11 is 0. The lowest BCUT2D eigenvalue weighted by Crippen LogP contribution is -2.61. The standard InChI is InChI=1S/C36H32F3N5O11/c1-19(43(18-21-4-3-15-42(52)17-21)26(45)16-20-6-10-24(11-7-20)55-36(37,38)39)32-41-31-25(5-2-14-40-31)33(49)44(32)22-8-12-23(13-9-22)53-35-29(48)27(46)28(47)30(54-35)34(50)51/h2-15,17,19,27-30,35,46-48H,16,18H2,1H3,(H,50,51)/t19-,27+,28+,29-,30+,35+/m1/s1. The summed E-state index contributed by atoms with van der Waals surface area (Å²) in [5.41, 5.74) is 0.453. The van der Waals surface area contributed by atoms with Crippen LogP contribution in [0.2, 0.25) is 0 Å². The number of carboxylic acid groups (broad SMARTS) is 1. The van der Waals surface area contributed by atoms with Crippen molar-refractivity contribution in [3.05, 3.63) is 124 Å². The Kier molecular flexibility index (Phi) is 11.0. The zero-order valence-electron chi connectivity index (χ0n) is 28.6. The molecule has 4 N–H and O–H groups in total. The molecule has 6 rings (SSSR count). The smallest absolute Gasteiger partial charge is 0.573 e. The molecule has 0 radical (unpaired) electrons. The van der Waals surface area contributed by atoms with Crippen LogP contribution < -0.4 is 19.8 Å². The Morgan fingerprint density at radius 2 is 1.67 bits per heavy atom. The summed E-state index contributed by atoms with van der Waals surface area (Å²) in [4.78, 5) is 50.0. The fourth-order valence-electron chi connectivity index (χ4n) is 5.98. The molecule has 0 aliphatic carbocycles. The number of hydrogen-bond donors (Lipinski definition) is 4. The maximum atomic E-state index is 14.1. The van der Waals surface area contributed by atoms with Gasteiger partial charge in [-0.2, -0.15) is 4.73 Å². The number of aliphatic carboxylic acids is 1. The van der Waals surface area contributed by atoms with Gasteiger partial charge >= 0.3 is 12.3 Å². The van der Waals surface area contributed by atoms with Gasteiger partial charge in [0.1, 0.15) is 35.6 Å². The molecule has 6 atom stereocenters. The summed E-state index contributed by atoms with van der Waals surface area (Å²) in [5, 5.41) is 52.2. The normalized spacial score (nSPS) is 20.5. The number of carbonyl (C=O) groups is 2. The van der Waals surface area contributed by atoms with E-state index < -0.39 is 66.3 Å². The largest absolute Gasteiger partial charge is 0.619 e. The van der Waals surface area contributed by atoms with Crippen molar-refractivity contribution in [1.82, 2.24) is 19.4 Å². The van der Waals surface area contributed by atoms with Gasteiger partial charge in [-0.1, -0.05) is 12.1 Å². The van der Waals surface area contributed by atoms with E-state index in [1.807, 2.05) is 0 Å². The van der Waals surface area contributed by atoms with E-state index in [9.17, 15) is 53.2 Å². The topological polar surface area (TPSA) is 221 Å². The molecule has 4 heterocycles. The number of fused-ring (bicyclic) bond motifs is 1. The number of alkyl halides is 3. The summed E-state index contributed by atoms with van der Waals surface area (Å²) in [6.07, 6.45) is -10.5. The Balaban J connectivity index is 1.36. The summed E-state index contributed by atoms with van der Waals surface area (Å²) in [6.45, 7) is 1.44. The molecule has 1 amide bonds. The zero-order valence-corrected chi connectivity index (χ0v) is 28.6. The molecule has 1 aliphatic heterocycles. The number of carbonyl (C=O) groups excluding carboxylic acids is 1. The maximum Gasteiger partial charge on any atom is 0.573 e. The molecule has 0 saturated carbocycles. The first-order valence-electron chi connectivity index (χ1n) is 16.5. The number of nitrogens with zero attached hydrogens (tertiary/aromatic N) is 5. The first kappa shape index (κ1) is 38.6. The Morgan fingerprint density at radius 1 is 0.982 bits per heavy atom. The molecule has 19 heteroatoms. The van der Waals surface area contributed by atoms with Crippen molar-refractivity contribution >= 4 is 22.9 Å². The van der Waals surface area contributed by atoms with E-state index in [2.05, 4.69) is 14.7 Å². The van der Waals surface area contributed by atoms with Gasteiger partial charge in [0.05, 0.1) is 30.1 Å². The highest BCUT2D eigenvalue weighted by Gasteiger charge is 2.48. The SMILES string of the molecule is C[C@H](c1nc2ncccc2c(=O)n1-c1ccc(O[C@H]2O[C@H](C(=O)O)[C@@H](O)[C@H](O)[C@H]2O)cc1)N(Cc1ccc[n+]([O-])c1)C(=O)Cc1ccc(OC(F)(F)F)cc1. The molecular weight excluding hydrogens is 735 g/mol. The Bertz CT molecular complexity index is 2240. The summed E-state index contributed by atoms with van der Waals surface area (Å²) in [6, 6.07) is 15.4. The number of amides is 1. The second kappa shape index (κ2) is 15.7. The van der Waals surface area contributed by atoms with Crippen molar-refractivity contribution < 1.29 is 62.1 Å². The van der Waals surface area contributed by atoms with Gasteiger partial charge in [-0.25, -0.2) is 14.8 Å². The van der Waals surface area contributed by atoms with Crippen LogP contribution in [-0.2, 0) is 27.3 Å². The third kappa shape index (κ3) is 8.65. The highest BCUT2D eigenvalue weighted by Crippen LogP contribution is 2.29. The van der Waals surface area contributed by atoms with E-state index >= 15 is 0 Å². The van der Waals surface area contributed by atoms with Gasteiger partial charge < -0.3 is 44.7 Å². The highest BCUT2D eigenvalue weighted by molar-refractivity contribution is 5.79. The fourth-order valence-corrected chi connectivity index (χ4v) is 5.98. The second-order valence-corrected chi connectivity index (χ2v) is 12.5. The predicted molar refractivity (Wildman–Crippen MR) is 181 cm³/mol. The molecule has 0 unspecified atom stereocenters. The number of benzene rings is 2. The molecule has 16 nitrogen and oxygen atoms in total. The van der Waals surface area contributed by atoms with Crippen LogP contribution >= 0.6 is 0 Å². The lowest BCUT2D eigenvalue weighted by atomic mass is 9.99. The molecule has 0 bridgehead atoms. The van der Waals surface area contributed by atoms with Crippen molar-refractivity contribution in [2.45, 2.75) is 63.0 Å². The minimum Gasteiger partial charge on any atom is -0.619 e. The average Bonchev–Trinajstić information content (AvgIpc) is 3.14. The minimum atomic E-state index is -4.91. The van der Waals surface area contributed by atoms with Crippen LogP contribution in [0.15, 0.2) is 96.2 Å². The number of ether oxygens (including phenoxy) is 3. The monoisotopic (exact) mass is 767 g/mol. The quantitative estimate of drug-likeness (QED) is 0.112. The van der Waals surface area contributed by atoms with Crippen molar-refractivity contribution in [2.24, 2.45) is 0 Å². The molecule has 5 aromatic rings. The molecular formula is C36H32F3N5O11. The first-order valence-corrected chi connectivity index (χ1v) is 16.5. The maximum absolute atomic E-state index is 14.1. The van der Waals surface area contributed by atoms with Crippen molar-refractivity contribution in [3.63, 3.8) is 0 Å². The molecule has 55 heavy (non-hydrogen) atoms. The van der Waals surface area contributed by atoms with Gasteiger partial charge in [0.2, 0.25) is 12.2 Å². The predicted octanol–water partition coefficient (Wildman–Crippen LogP) is 1.92. The molecule has 2 aromatic carbocycles. The van der Waals surface area contributed by atoms with Gasteiger partial charge in [0.25, 0.3) is 5.56 Å². The number of pyridine rings is 2. The van der Waals surface area contributed by atoms with Crippen molar-refractivity contribution in [3.8, 4) is 17.2 Å². The van der Waals surface area contributed by atoms with E-state index in [-0.39, 0.29) is 41.3 Å². The van der Waals surface area contributed by atoms with Crippen LogP contribution in [0, 0.1) is 5.21 Å². The number of hydrogen-bond acceptors (Lipinski definition) is 12. The van der Waals surface area contributed by atoms with E-state index in [0.717, 1.165) is 12.1 Å². The van der Waals surface area contributed by atoms with E-state index in [0.29, 0.717) is 15.9 Å². The van der Waals surface area contributed by atoms with E-state index in [1.165, 1.54) is 82.7 Å². The number of aliphatic hydroxyl groups excluding tert-OH is 3. The van der Waals surface area contributed by atoms with Crippen LogP contribution in [0.4, 0.5) is 13.2 Å². The minimum absolute atomic E-state index is 0.0112. The highest BCUT2D eigenvalue weighted by atomic mass is 19.4. The van der Waals surface area contributed by atoms with Crippen LogP contribution in [0.5, 0.6) is 11.5 Å². The Labute approximate surface area is 308 Å². The zero-order chi connectivity index (χ0) is 39.6. The second-order valence-electron chi connectivity index (χ2n) is 12.5.